The average Bonchev–Trinajstić information content (AvgIpc) is 2.41. The van der Waals surface area contributed by atoms with Gasteiger partial charge < -0.3 is 0 Å². The van der Waals surface area contributed by atoms with Crippen LogP contribution in [-0.4, -0.2) is 15.0 Å². The standard InChI is InChI=1S/C16H31N3/c1-14(2,3)10-12-13(11-15(4,5)6)19(18-17-12)16(7,8)9/h10-11H2,1-9H3. The lowest BCUT2D eigenvalue weighted by atomic mass is 9.85. The molecule has 0 N–H and O–H groups in total. The zero-order chi connectivity index (χ0) is 15.1. The Hall–Kier alpha value is -0.860. The fourth-order valence-corrected chi connectivity index (χ4v) is 2.19. The molecular weight excluding hydrogens is 234 g/mol. The molecule has 0 aliphatic rings. The maximum atomic E-state index is 4.47. The maximum absolute atomic E-state index is 4.47. The van der Waals surface area contributed by atoms with Crippen molar-refractivity contribution in [1.29, 1.82) is 0 Å². The van der Waals surface area contributed by atoms with E-state index in [1.54, 1.807) is 0 Å². The van der Waals surface area contributed by atoms with Crippen molar-refractivity contribution in [2.75, 3.05) is 0 Å². The van der Waals surface area contributed by atoms with E-state index in [0.29, 0.717) is 0 Å². The van der Waals surface area contributed by atoms with E-state index in [2.05, 4.69) is 77.3 Å². The van der Waals surface area contributed by atoms with Crippen molar-refractivity contribution in [3.63, 3.8) is 0 Å². The quantitative estimate of drug-likeness (QED) is 0.802. The summed E-state index contributed by atoms with van der Waals surface area (Å²) < 4.78 is 2.11. The molecule has 0 saturated carbocycles. The molecular formula is C16H31N3. The van der Waals surface area contributed by atoms with Crippen LogP contribution in [0.25, 0.3) is 0 Å². The highest BCUT2D eigenvalue weighted by atomic mass is 15.5. The third-order valence-corrected chi connectivity index (χ3v) is 2.87. The minimum absolute atomic E-state index is 0.0102. The first-order chi connectivity index (χ1) is 8.30. The number of rotatable bonds is 2. The van der Waals surface area contributed by atoms with Gasteiger partial charge in [-0.1, -0.05) is 46.8 Å². The topological polar surface area (TPSA) is 30.7 Å². The maximum Gasteiger partial charge on any atom is 0.0864 e. The van der Waals surface area contributed by atoms with E-state index in [9.17, 15) is 0 Å². The first-order valence-corrected chi connectivity index (χ1v) is 7.24. The molecule has 3 nitrogen and oxygen atoms in total. The van der Waals surface area contributed by atoms with Gasteiger partial charge in [0.25, 0.3) is 0 Å². The van der Waals surface area contributed by atoms with Gasteiger partial charge in [-0.05, 0) is 44.4 Å². The van der Waals surface area contributed by atoms with Gasteiger partial charge in [0, 0.05) is 0 Å². The zero-order valence-corrected chi connectivity index (χ0v) is 14.3. The van der Waals surface area contributed by atoms with Crippen LogP contribution in [0.4, 0.5) is 0 Å². The van der Waals surface area contributed by atoms with Crippen LogP contribution in [0.15, 0.2) is 0 Å². The smallest absolute Gasteiger partial charge is 0.0864 e. The van der Waals surface area contributed by atoms with E-state index in [1.807, 2.05) is 0 Å². The van der Waals surface area contributed by atoms with Crippen molar-refractivity contribution in [1.82, 2.24) is 15.0 Å². The molecule has 3 heteroatoms. The molecule has 1 rings (SSSR count). The summed E-state index contributed by atoms with van der Waals surface area (Å²) in [5, 5.41) is 8.89. The molecule has 0 saturated heterocycles. The minimum Gasteiger partial charge on any atom is -0.244 e. The second-order valence-electron chi connectivity index (χ2n) is 9.04. The summed E-state index contributed by atoms with van der Waals surface area (Å²) in [6, 6.07) is 0. The van der Waals surface area contributed by atoms with Gasteiger partial charge in [0.15, 0.2) is 0 Å². The van der Waals surface area contributed by atoms with Crippen LogP contribution in [-0.2, 0) is 18.4 Å². The number of hydrogen-bond acceptors (Lipinski definition) is 2. The van der Waals surface area contributed by atoms with Crippen LogP contribution in [0, 0.1) is 10.8 Å². The van der Waals surface area contributed by atoms with Gasteiger partial charge in [0.1, 0.15) is 0 Å². The summed E-state index contributed by atoms with van der Waals surface area (Å²) in [6.07, 6.45) is 2.00. The van der Waals surface area contributed by atoms with Crippen molar-refractivity contribution in [2.45, 2.75) is 80.7 Å². The SMILES string of the molecule is CC(C)(C)Cc1nnn(C(C)(C)C)c1CC(C)(C)C. The molecule has 0 aliphatic heterocycles. The Labute approximate surface area is 118 Å². The Balaban J connectivity index is 3.22. The lowest BCUT2D eigenvalue weighted by Crippen LogP contribution is -2.28. The first kappa shape index (κ1) is 16.2. The third-order valence-electron chi connectivity index (χ3n) is 2.87. The largest absolute Gasteiger partial charge is 0.244 e. The molecule has 0 bridgehead atoms. The van der Waals surface area contributed by atoms with Crippen LogP contribution in [0.3, 0.4) is 0 Å². The number of aromatic nitrogens is 3. The molecule has 1 aromatic rings. The summed E-state index contributed by atoms with van der Waals surface area (Å²) >= 11 is 0. The molecule has 1 heterocycles. The zero-order valence-electron chi connectivity index (χ0n) is 14.3. The molecule has 0 unspecified atom stereocenters. The van der Waals surface area contributed by atoms with Crippen LogP contribution in [0.2, 0.25) is 0 Å². The van der Waals surface area contributed by atoms with E-state index in [0.717, 1.165) is 18.5 Å². The van der Waals surface area contributed by atoms with Crippen LogP contribution < -0.4 is 0 Å². The highest BCUT2D eigenvalue weighted by Gasteiger charge is 2.27. The molecule has 0 fully saturated rings. The second kappa shape index (κ2) is 4.92. The summed E-state index contributed by atoms with van der Waals surface area (Å²) in [4.78, 5) is 0. The average molecular weight is 265 g/mol. The molecule has 0 atom stereocenters. The Kier molecular flexibility index (Phi) is 4.19. The molecule has 19 heavy (non-hydrogen) atoms. The molecule has 1 aromatic heterocycles. The van der Waals surface area contributed by atoms with Crippen molar-refractivity contribution < 1.29 is 0 Å². The van der Waals surface area contributed by atoms with Crippen LogP contribution in [0.5, 0.6) is 0 Å². The predicted octanol–water partition coefficient (Wildman–Crippen LogP) is 4.21. The van der Waals surface area contributed by atoms with E-state index in [4.69, 9.17) is 0 Å². The van der Waals surface area contributed by atoms with Gasteiger partial charge in [-0.15, -0.1) is 5.10 Å². The van der Waals surface area contributed by atoms with Gasteiger partial charge in [-0.25, -0.2) is 4.68 Å². The first-order valence-electron chi connectivity index (χ1n) is 7.24. The van der Waals surface area contributed by atoms with E-state index in [1.165, 1.54) is 5.69 Å². The fraction of sp³-hybridized carbons (Fsp3) is 0.875. The van der Waals surface area contributed by atoms with Gasteiger partial charge in [-0.3, -0.25) is 0 Å². The Morgan fingerprint density at radius 1 is 0.789 bits per heavy atom. The number of hydrogen-bond donors (Lipinski definition) is 0. The summed E-state index contributed by atoms with van der Waals surface area (Å²) in [5.74, 6) is 0. The van der Waals surface area contributed by atoms with Crippen molar-refractivity contribution in [3.05, 3.63) is 11.4 Å². The van der Waals surface area contributed by atoms with Crippen molar-refractivity contribution >= 4 is 0 Å². The lowest BCUT2D eigenvalue weighted by molar-refractivity contribution is 0.312. The Morgan fingerprint density at radius 2 is 1.26 bits per heavy atom. The summed E-state index contributed by atoms with van der Waals surface area (Å²) in [7, 11) is 0. The molecule has 0 aliphatic carbocycles. The van der Waals surface area contributed by atoms with Gasteiger partial charge >= 0.3 is 0 Å². The van der Waals surface area contributed by atoms with Gasteiger partial charge in [-0.2, -0.15) is 0 Å². The highest BCUT2D eigenvalue weighted by Crippen LogP contribution is 2.29. The summed E-state index contributed by atoms with van der Waals surface area (Å²) in [6.45, 7) is 20.1. The number of nitrogens with zero attached hydrogens (tertiary/aromatic N) is 3. The molecule has 0 spiro atoms. The summed E-state index contributed by atoms with van der Waals surface area (Å²) in [5.41, 5.74) is 2.94. The fourth-order valence-electron chi connectivity index (χ4n) is 2.19. The van der Waals surface area contributed by atoms with E-state index in [-0.39, 0.29) is 16.4 Å². The van der Waals surface area contributed by atoms with Crippen LogP contribution >= 0.6 is 0 Å². The van der Waals surface area contributed by atoms with E-state index >= 15 is 0 Å². The van der Waals surface area contributed by atoms with Crippen molar-refractivity contribution in [2.24, 2.45) is 10.8 Å². The lowest BCUT2D eigenvalue weighted by Gasteiger charge is -2.26. The van der Waals surface area contributed by atoms with Crippen LogP contribution in [0.1, 0.15) is 73.7 Å². The Morgan fingerprint density at radius 3 is 1.63 bits per heavy atom. The van der Waals surface area contributed by atoms with Gasteiger partial charge in [0.2, 0.25) is 0 Å². The molecule has 0 amide bonds. The van der Waals surface area contributed by atoms with E-state index < -0.39 is 0 Å². The van der Waals surface area contributed by atoms with Gasteiger partial charge in [0.05, 0.1) is 16.9 Å². The highest BCUT2D eigenvalue weighted by molar-refractivity contribution is 5.15. The monoisotopic (exact) mass is 265 g/mol. The molecule has 0 radical (unpaired) electrons. The normalized spacial score (nSPS) is 13.9. The third kappa shape index (κ3) is 4.96. The molecule has 0 aromatic carbocycles. The van der Waals surface area contributed by atoms with Crippen molar-refractivity contribution in [3.8, 4) is 0 Å². The second-order valence-corrected chi connectivity index (χ2v) is 9.04. The minimum atomic E-state index is -0.0102. The Bertz CT molecular complexity index is 422. The predicted molar refractivity (Wildman–Crippen MR) is 81.3 cm³/mol. The molecule has 110 valence electrons.